The number of rotatable bonds is 8. The van der Waals surface area contributed by atoms with Gasteiger partial charge in [-0.05, 0) is 93.9 Å². The summed E-state index contributed by atoms with van der Waals surface area (Å²) in [6.07, 6.45) is 1.93. The third-order valence-electron chi connectivity index (χ3n) is 12.3. The third kappa shape index (κ3) is 6.98. The van der Waals surface area contributed by atoms with E-state index in [0.29, 0.717) is 6.67 Å². The summed E-state index contributed by atoms with van der Waals surface area (Å²) in [4.78, 5) is 9.80. The van der Waals surface area contributed by atoms with Crippen LogP contribution in [0, 0.1) is 0 Å². The molecule has 63 heavy (non-hydrogen) atoms. The van der Waals surface area contributed by atoms with Crippen molar-refractivity contribution in [1.29, 1.82) is 0 Å². The zero-order valence-corrected chi connectivity index (χ0v) is 35.6. The standard InChI is InChI=1S/C58H46N4O/c1-58(2,3)44-33-34-59-56(36-44)62-52-32-29-43(40-17-7-4-8-18-40)35-51(52)50-31-30-47(38-55(50)62)63-46-24-15-23-45(37-46)60-39-61(54-28-14-13-27-53(54)60)57-48(41-19-9-5-10-20-41)25-16-26-49(57)42-21-11-6-12-22-42/h4-38H,39H2,1-3H3. The lowest BCUT2D eigenvalue weighted by Crippen LogP contribution is -2.24. The lowest BCUT2D eigenvalue weighted by molar-refractivity contribution is 0.483. The maximum absolute atomic E-state index is 6.82. The van der Waals surface area contributed by atoms with Gasteiger partial charge < -0.3 is 14.5 Å². The van der Waals surface area contributed by atoms with Crippen LogP contribution in [0.3, 0.4) is 0 Å². The van der Waals surface area contributed by atoms with Crippen LogP contribution in [0.5, 0.6) is 11.5 Å². The minimum absolute atomic E-state index is 0.0292. The Morgan fingerprint density at radius 1 is 0.460 bits per heavy atom. The first-order valence-corrected chi connectivity index (χ1v) is 21.6. The molecule has 11 rings (SSSR count). The van der Waals surface area contributed by atoms with Crippen LogP contribution in [0.15, 0.2) is 212 Å². The summed E-state index contributed by atoms with van der Waals surface area (Å²) in [7, 11) is 0. The van der Waals surface area contributed by atoms with Gasteiger partial charge in [0.25, 0.3) is 0 Å². The molecule has 1 aliphatic heterocycles. The molecule has 2 aromatic heterocycles. The fourth-order valence-corrected chi connectivity index (χ4v) is 9.14. The van der Waals surface area contributed by atoms with Gasteiger partial charge in [0.2, 0.25) is 0 Å². The van der Waals surface area contributed by atoms with E-state index in [2.05, 4.69) is 235 Å². The molecule has 304 valence electrons. The number of hydrogen-bond acceptors (Lipinski definition) is 4. The molecule has 0 saturated carbocycles. The van der Waals surface area contributed by atoms with Crippen molar-refractivity contribution in [3.63, 3.8) is 0 Å². The molecule has 0 bridgehead atoms. The van der Waals surface area contributed by atoms with Crippen LogP contribution in [0.25, 0.3) is 61.0 Å². The highest BCUT2D eigenvalue weighted by molar-refractivity contribution is 6.11. The topological polar surface area (TPSA) is 33.5 Å². The fraction of sp³-hybridized carbons (Fsp3) is 0.0862. The lowest BCUT2D eigenvalue weighted by Gasteiger charge is -2.27. The van der Waals surface area contributed by atoms with Crippen LogP contribution in [0.1, 0.15) is 26.3 Å². The maximum Gasteiger partial charge on any atom is 0.137 e. The van der Waals surface area contributed by atoms with Gasteiger partial charge in [0.1, 0.15) is 24.0 Å². The first-order valence-electron chi connectivity index (χ1n) is 21.6. The van der Waals surface area contributed by atoms with Gasteiger partial charge in [-0.25, -0.2) is 4.98 Å². The predicted molar refractivity (Wildman–Crippen MR) is 262 cm³/mol. The van der Waals surface area contributed by atoms with Gasteiger partial charge in [-0.2, -0.15) is 0 Å². The molecule has 0 fully saturated rings. The molecule has 8 aromatic carbocycles. The molecule has 0 spiro atoms. The summed E-state index contributed by atoms with van der Waals surface area (Å²) in [5.74, 6) is 2.40. The van der Waals surface area contributed by atoms with Crippen LogP contribution in [-0.4, -0.2) is 16.2 Å². The van der Waals surface area contributed by atoms with Crippen molar-refractivity contribution in [2.75, 3.05) is 16.5 Å². The monoisotopic (exact) mass is 814 g/mol. The number of pyridine rings is 1. The number of hydrogen-bond donors (Lipinski definition) is 0. The molecule has 5 heteroatoms. The summed E-state index contributed by atoms with van der Waals surface area (Å²) in [6, 6.07) is 73.4. The largest absolute Gasteiger partial charge is 0.457 e. The first-order chi connectivity index (χ1) is 30.9. The van der Waals surface area contributed by atoms with Crippen LogP contribution < -0.4 is 14.5 Å². The van der Waals surface area contributed by atoms with Gasteiger partial charge in [0, 0.05) is 45.9 Å². The summed E-state index contributed by atoms with van der Waals surface area (Å²) in [5, 5.41) is 2.32. The average molecular weight is 815 g/mol. The van der Waals surface area contributed by atoms with Gasteiger partial charge in [0.05, 0.1) is 28.1 Å². The van der Waals surface area contributed by atoms with Crippen LogP contribution in [0.2, 0.25) is 0 Å². The van der Waals surface area contributed by atoms with Crippen molar-refractivity contribution in [1.82, 2.24) is 9.55 Å². The van der Waals surface area contributed by atoms with E-state index in [1.165, 1.54) is 50.0 Å². The predicted octanol–water partition coefficient (Wildman–Crippen LogP) is 15.5. The molecule has 0 N–H and O–H groups in total. The van der Waals surface area contributed by atoms with Crippen molar-refractivity contribution >= 4 is 44.6 Å². The van der Waals surface area contributed by atoms with E-state index in [1.54, 1.807) is 0 Å². The number of para-hydroxylation sites is 3. The van der Waals surface area contributed by atoms with Crippen LogP contribution in [0.4, 0.5) is 22.7 Å². The van der Waals surface area contributed by atoms with Crippen molar-refractivity contribution in [2.45, 2.75) is 26.2 Å². The Kier molecular flexibility index (Phi) is 9.39. The number of aromatic nitrogens is 2. The Labute approximate surface area is 368 Å². The molecule has 0 amide bonds. The molecule has 5 nitrogen and oxygen atoms in total. The van der Waals surface area contributed by atoms with E-state index in [0.717, 1.165) is 50.8 Å². The Morgan fingerprint density at radius 2 is 1.08 bits per heavy atom. The minimum Gasteiger partial charge on any atom is -0.457 e. The zero-order valence-electron chi connectivity index (χ0n) is 35.6. The summed E-state index contributed by atoms with van der Waals surface area (Å²) in [5.41, 5.74) is 15.0. The second kappa shape index (κ2) is 15.5. The number of fused-ring (bicyclic) bond motifs is 4. The second-order valence-corrected chi connectivity index (χ2v) is 17.3. The van der Waals surface area contributed by atoms with Gasteiger partial charge in [-0.1, -0.05) is 154 Å². The molecule has 0 unspecified atom stereocenters. The van der Waals surface area contributed by atoms with E-state index < -0.39 is 0 Å². The maximum atomic E-state index is 6.82. The van der Waals surface area contributed by atoms with Gasteiger partial charge in [-0.3, -0.25) is 4.57 Å². The molecule has 0 aliphatic carbocycles. The Bertz CT molecular complexity index is 3220. The van der Waals surface area contributed by atoms with E-state index in [-0.39, 0.29) is 5.41 Å². The highest BCUT2D eigenvalue weighted by atomic mass is 16.5. The molecule has 0 radical (unpaired) electrons. The zero-order chi connectivity index (χ0) is 42.5. The van der Waals surface area contributed by atoms with Crippen molar-refractivity contribution in [3.8, 4) is 50.7 Å². The minimum atomic E-state index is -0.0292. The molecular weight excluding hydrogens is 769 g/mol. The van der Waals surface area contributed by atoms with E-state index in [4.69, 9.17) is 9.72 Å². The van der Waals surface area contributed by atoms with Crippen LogP contribution >= 0.6 is 0 Å². The molecule has 0 atom stereocenters. The third-order valence-corrected chi connectivity index (χ3v) is 12.3. The highest BCUT2D eigenvalue weighted by Gasteiger charge is 2.31. The van der Waals surface area contributed by atoms with E-state index in [9.17, 15) is 0 Å². The molecule has 3 heterocycles. The SMILES string of the molecule is CC(C)(C)c1ccnc(-n2c3ccc(-c4ccccc4)cc3c3ccc(Oc4cccc(N5CN(c6c(-c7ccccc7)cccc6-c6ccccc6)c6ccccc65)c4)cc32)c1. The smallest absolute Gasteiger partial charge is 0.137 e. The molecule has 0 saturated heterocycles. The second-order valence-electron chi connectivity index (χ2n) is 17.3. The Morgan fingerprint density at radius 3 is 1.76 bits per heavy atom. The van der Waals surface area contributed by atoms with Gasteiger partial charge >= 0.3 is 0 Å². The number of anilines is 4. The number of ether oxygens (including phenoxy) is 1. The van der Waals surface area contributed by atoms with E-state index in [1.807, 2.05) is 12.3 Å². The van der Waals surface area contributed by atoms with Gasteiger partial charge in [0.15, 0.2) is 0 Å². The molecule has 10 aromatic rings. The van der Waals surface area contributed by atoms with Crippen LogP contribution in [-0.2, 0) is 5.41 Å². The summed E-state index contributed by atoms with van der Waals surface area (Å²) in [6.45, 7) is 7.36. The van der Waals surface area contributed by atoms with Crippen molar-refractivity contribution < 1.29 is 4.74 Å². The fourth-order valence-electron chi connectivity index (χ4n) is 9.14. The number of nitrogens with zero attached hydrogens (tertiary/aromatic N) is 4. The Balaban J connectivity index is 0.985. The summed E-state index contributed by atoms with van der Waals surface area (Å²) < 4.78 is 9.11. The number of benzene rings is 8. The molecular formula is C58H46N4O. The first kappa shape index (κ1) is 38.1. The van der Waals surface area contributed by atoms with Crippen molar-refractivity contribution in [2.24, 2.45) is 0 Å². The van der Waals surface area contributed by atoms with Gasteiger partial charge in [-0.15, -0.1) is 0 Å². The quantitative estimate of drug-likeness (QED) is 0.153. The molecule has 1 aliphatic rings. The lowest BCUT2D eigenvalue weighted by atomic mass is 9.88. The normalized spacial score (nSPS) is 12.6. The average Bonchev–Trinajstić information content (AvgIpc) is 3.87. The van der Waals surface area contributed by atoms with E-state index >= 15 is 0 Å². The highest BCUT2D eigenvalue weighted by Crippen LogP contribution is 2.50. The Hall–Kier alpha value is -7.89. The van der Waals surface area contributed by atoms with Crippen molar-refractivity contribution in [3.05, 3.63) is 218 Å². The summed E-state index contributed by atoms with van der Waals surface area (Å²) >= 11 is 0.